The molecule has 1 aromatic rings. The Morgan fingerprint density at radius 2 is 1.90 bits per heavy atom. The first kappa shape index (κ1) is 17.8. The molecule has 0 aliphatic heterocycles. The van der Waals surface area contributed by atoms with Gasteiger partial charge in [0.25, 0.3) is 0 Å². The molecule has 0 bridgehead atoms. The van der Waals surface area contributed by atoms with Crippen LogP contribution in [-0.2, 0) is 16.0 Å². The molecule has 0 atom stereocenters. The summed E-state index contributed by atoms with van der Waals surface area (Å²) < 4.78 is 10.3. The van der Waals surface area contributed by atoms with Crippen LogP contribution in [0, 0.1) is 0 Å². The van der Waals surface area contributed by atoms with E-state index in [0.29, 0.717) is 0 Å². The minimum atomic E-state index is 0.719. The van der Waals surface area contributed by atoms with E-state index in [1.165, 1.54) is 0 Å². The number of rotatable bonds is 12. The first-order valence-electron chi connectivity index (χ1n) is 7.55. The summed E-state index contributed by atoms with van der Waals surface area (Å²) in [4.78, 5) is 11.2. The van der Waals surface area contributed by atoms with Gasteiger partial charge in [0.1, 0.15) is 5.82 Å². The fourth-order valence-corrected chi connectivity index (χ4v) is 1.93. The molecule has 0 aromatic carbocycles. The number of hydrogen-bond acceptors (Lipinski definition) is 6. The summed E-state index contributed by atoms with van der Waals surface area (Å²) in [6.45, 7) is 7.18. The highest BCUT2D eigenvalue weighted by Crippen LogP contribution is 2.05. The van der Waals surface area contributed by atoms with Gasteiger partial charge in [-0.1, -0.05) is 6.92 Å². The Labute approximate surface area is 127 Å². The van der Waals surface area contributed by atoms with Gasteiger partial charge in [0.2, 0.25) is 0 Å². The van der Waals surface area contributed by atoms with Crippen LogP contribution in [0.25, 0.3) is 0 Å². The molecule has 0 spiro atoms. The number of nitrogens with zero attached hydrogens (tertiary/aromatic N) is 3. The van der Waals surface area contributed by atoms with E-state index in [9.17, 15) is 0 Å². The molecule has 6 nitrogen and oxygen atoms in total. The summed E-state index contributed by atoms with van der Waals surface area (Å²) in [6, 6.07) is 0. The standard InChI is InChI=1S/C15H28N4O2/c1-4-6-16-15-12-17-14(11-18-15)13-19(8-10-21-3)7-5-9-20-2/h11-12H,4-10,13H2,1-3H3,(H,16,18). The van der Waals surface area contributed by atoms with Crippen molar-refractivity contribution in [2.24, 2.45) is 0 Å². The molecule has 1 heterocycles. The number of hydrogen-bond donors (Lipinski definition) is 1. The molecule has 0 saturated carbocycles. The predicted octanol–water partition coefficient (Wildman–Crippen LogP) is 1.78. The van der Waals surface area contributed by atoms with E-state index in [4.69, 9.17) is 9.47 Å². The highest BCUT2D eigenvalue weighted by atomic mass is 16.5. The fraction of sp³-hybridized carbons (Fsp3) is 0.733. The van der Waals surface area contributed by atoms with Crippen molar-refractivity contribution in [2.45, 2.75) is 26.3 Å². The zero-order valence-corrected chi connectivity index (χ0v) is 13.5. The third kappa shape index (κ3) is 7.94. The molecule has 0 saturated heterocycles. The lowest BCUT2D eigenvalue weighted by atomic mass is 10.3. The van der Waals surface area contributed by atoms with Gasteiger partial charge >= 0.3 is 0 Å². The summed E-state index contributed by atoms with van der Waals surface area (Å²) in [7, 11) is 3.45. The van der Waals surface area contributed by atoms with Crippen molar-refractivity contribution in [2.75, 3.05) is 52.4 Å². The minimum absolute atomic E-state index is 0.719. The maximum Gasteiger partial charge on any atom is 0.144 e. The lowest BCUT2D eigenvalue weighted by Crippen LogP contribution is -2.29. The molecule has 1 aromatic heterocycles. The average Bonchev–Trinajstić information content (AvgIpc) is 2.52. The summed E-state index contributed by atoms with van der Waals surface area (Å²) >= 11 is 0. The topological polar surface area (TPSA) is 59.5 Å². The molecular weight excluding hydrogens is 268 g/mol. The molecular formula is C15H28N4O2. The van der Waals surface area contributed by atoms with Crippen LogP contribution in [0.2, 0.25) is 0 Å². The predicted molar refractivity (Wildman–Crippen MR) is 84.5 cm³/mol. The van der Waals surface area contributed by atoms with E-state index >= 15 is 0 Å². The number of methoxy groups -OCH3 is 2. The second kappa shape index (κ2) is 11.4. The molecule has 0 radical (unpaired) electrons. The molecule has 0 amide bonds. The van der Waals surface area contributed by atoms with Gasteiger partial charge in [0.15, 0.2) is 0 Å². The van der Waals surface area contributed by atoms with Gasteiger partial charge in [0.05, 0.1) is 24.7 Å². The van der Waals surface area contributed by atoms with Crippen molar-refractivity contribution in [1.29, 1.82) is 0 Å². The first-order valence-corrected chi connectivity index (χ1v) is 7.55. The maximum atomic E-state index is 5.16. The van der Waals surface area contributed by atoms with Crippen molar-refractivity contribution < 1.29 is 9.47 Å². The van der Waals surface area contributed by atoms with Crippen LogP contribution in [0.15, 0.2) is 12.4 Å². The van der Waals surface area contributed by atoms with Gasteiger partial charge in [-0.3, -0.25) is 9.88 Å². The van der Waals surface area contributed by atoms with E-state index in [1.807, 2.05) is 6.20 Å². The number of aromatic nitrogens is 2. The minimum Gasteiger partial charge on any atom is -0.385 e. The second-order valence-electron chi connectivity index (χ2n) is 4.94. The van der Waals surface area contributed by atoms with Crippen molar-refractivity contribution in [1.82, 2.24) is 14.9 Å². The fourth-order valence-electron chi connectivity index (χ4n) is 1.93. The normalized spacial score (nSPS) is 11.0. The lowest BCUT2D eigenvalue weighted by Gasteiger charge is -2.21. The molecule has 1 N–H and O–H groups in total. The number of nitrogens with one attached hydrogen (secondary N) is 1. The van der Waals surface area contributed by atoms with Crippen LogP contribution in [0.3, 0.4) is 0 Å². The van der Waals surface area contributed by atoms with E-state index in [-0.39, 0.29) is 0 Å². The average molecular weight is 296 g/mol. The third-order valence-corrected chi connectivity index (χ3v) is 3.08. The smallest absolute Gasteiger partial charge is 0.144 e. The molecule has 0 unspecified atom stereocenters. The van der Waals surface area contributed by atoms with Gasteiger partial charge in [-0.05, 0) is 12.8 Å². The van der Waals surface area contributed by atoms with Crippen LogP contribution in [-0.4, -0.2) is 61.9 Å². The molecule has 120 valence electrons. The SMILES string of the molecule is CCCNc1cnc(CN(CCCOC)CCOC)cn1. The molecule has 0 fully saturated rings. The zero-order valence-electron chi connectivity index (χ0n) is 13.5. The van der Waals surface area contributed by atoms with Crippen LogP contribution in [0.4, 0.5) is 5.82 Å². The monoisotopic (exact) mass is 296 g/mol. The van der Waals surface area contributed by atoms with Crippen LogP contribution >= 0.6 is 0 Å². The third-order valence-electron chi connectivity index (χ3n) is 3.08. The van der Waals surface area contributed by atoms with Gasteiger partial charge in [-0.25, -0.2) is 4.98 Å². The summed E-state index contributed by atoms with van der Waals surface area (Å²) in [6.07, 6.45) is 5.72. The van der Waals surface area contributed by atoms with Crippen LogP contribution in [0.1, 0.15) is 25.5 Å². The van der Waals surface area contributed by atoms with E-state index in [0.717, 1.165) is 63.7 Å². The highest BCUT2D eigenvalue weighted by Gasteiger charge is 2.07. The van der Waals surface area contributed by atoms with E-state index in [2.05, 4.69) is 27.1 Å². The second-order valence-corrected chi connectivity index (χ2v) is 4.94. The van der Waals surface area contributed by atoms with Crippen molar-refractivity contribution in [3.05, 3.63) is 18.1 Å². The Hall–Kier alpha value is -1.24. The van der Waals surface area contributed by atoms with Gasteiger partial charge in [0, 0.05) is 47.0 Å². The quantitative estimate of drug-likeness (QED) is 0.593. The van der Waals surface area contributed by atoms with Crippen molar-refractivity contribution in [3.63, 3.8) is 0 Å². The van der Waals surface area contributed by atoms with E-state index in [1.54, 1.807) is 20.4 Å². The first-order chi connectivity index (χ1) is 10.3. The summed E-state index contributed by atoms with van der Waals surface area (Å²) in [5.41, 5.74) is 0.977. The molecule has 0 aliphatic rings. The lowest BCUT2D eigenvalue weighted by molar-refractivity contribution is 0.128. The van der Waals surface area contributed by atoms with Gasteiger partial charge in [-0.15, -0.1) is 0 Å². The Balaban J connectivity index is 2.47. The number of anilines is 1. The maximum absolute atomic E-state index is 5.16. The van der Waals surface area contributed by atoms with Crippen molar-refractivity contribution in [3.8, 4) is 0 Å². The molecule has 1 rings (SSSR count). The molecule has 6 heteroatoms. The van der Waals surface area contributed by atoms with Crippen LogP contribution in [0.5, 0.6) is 0 Å². The number of ether oxygens (including phenoxy) is 2. The summed E-state index contributed by atoms with van der Waals surface area (Å²) in [5, 5.41) is 3.23. The Kier molecular flexibility index (Phi) is 9.69. The zero-order chi connectivity index (χ0) is 15.3. The Morgan fingerprint density at radius 1 is 1.10 bits per heavy atom. The summed E-state index contributed by atoms with van der Waals surface area (Å²) in [5.74, 6) is 0.837. The Bertz CT molecular complexity index is 359. The van der Waals surface area contributed by atoms with Gasteiger partial charge in [-0.2, -0.15) is 0 Å². The van der Waals surface area contributed by atoms with Crippen LogP contribution < -0.4 is 5.32 Å². The van der Waals surface area contributed by atoms with Gasteiger partial charge < -0.3 is 14.8 Å². The largest absolute Gasteiger partial charge is 0.385 e. The highest BCUT2D eigenvalue weighted by molar-refractivity contribution is 5.30. The molecule has 0 aliphatic carbocycles. The van der Waals surface area contributed by atoms with Crippen molar-refractivity contribution >= 4 is 5.82 Å². The Morgan fingerprint density at radius 3 is 2.52 bits per heavy atom. The van der Waals surface area contributed by atoms with E-state index < -0.39 is 0 Å². The molecule has 21 heavy (non-hydrogen) atoms.